The molecule has 0 saturated heterocycles. The normalized spacial score (nSPS) is 15.7. The molecule has 3 aromatic heterocycles. The first kappa shape index (κ1) is 20.0. The average Bonchev–Trinajstić information content (AvgIpc) is 3.58. The first-order valence-corrected chi connectivity index (χ1v) is 11.1. The molecule has 4 heterocycles. The Bertz CT molecular complexity index is 1470. The van der Waals surface area contributed by atoms with E-state index in [1.807, 2.05) is 36.4 Å². The van der Waals surface area contributed by atoms with Crippen LogP contribution in [0.4, 0.5) is 0 Å². The van der Waals surface area contributed by atoms with Crippen LogP contribution in [0.5, 0.6) is 0 Å². The lowest BCUT2D eigenvalue weighted by Gasteiger charge is -2.34. The second kappa shape index (κ2) is 7.72. The highest BCUT2D eigenvalue weighted by atomic mass is 79.9. The third-order valence-corrected chi connectivity index (χ3v) is 6.19. The molecule has 8 nitrogen and oxygen atoms in total. The van der Waals surface area contributed by atoms with Crippen molar-refractivity contribution in [2.45, 2.75) is 19.6 Å². The summed E-state index contributed by atoms with van der Waals surface area (Å²) in [5.41, 5.74) is 4.57. The maximum atomic E-state index is 13.3. The Morgan fingerprint density at radius 3 is 2.76 bits per heavy atom. The van der Waals surface area contributed by atoms with Crippen molar-refractivity contribution in [2.75, 3.05) is 0 Å². The van der Waals surface area contributed by atoms with Crippen LogP contribution in [0.2, 0.25) is 0 Å². The molecule has 1 aliphatic heterocycles. The first-order chi connectivity index (χ1) is 16.1. The monoisotopic (exact) mass is 504 g/mol. The van der Waals surface area contributed by atoms with Crippen molar-refractivity contribution >= 4 is 32.7 Å². The van der Waals surface area contributed by atoms with Gasteiger partial charge >= 0.3 is 5.91 Å². The van der Waals surface area contributed by atoms with Crippen molar-refractivity contribution in [3.05, 3.63) is 93.8 Å². The number of nitrogens with one attached hydrogen (secondary N) is 1. The fraction of sp³-hybridized carbons (Fsp3) is 0.125. The molecule has 1 amide bonds. The summed E-state index contributed by atoms with van der Waals surface area (Å²) in [6.07, 6.45) is 1.47. The van der Waals surface area contributed by atoms with Crippen molar-refractivity contribution < 1.29 is 18.6 Å². The van der Waals surface area contributed by atoms with Gasteiger partial charge in [-0.1, -0.05) is 45.4 Å². The maximum Gasteiger partial charge on any atom is 0.314 e. The summed E-state index contributed by atoms with van der Waals surface area (Å²) in [5.74, 6) is 0.868. The Morgan fingerprint density at radius 2 is 2.03 bits per heavy atom. The Labute approximate surface area is 196 Å². The summed E-state index contributed by atoms with van der Waals surface area (Å²) in [7, 11) is 0. The molecule has 9 heteroatoms. The number of hydroxylamine groups is 2. The van der Waals surface area contributed by atoms with Gasteiger partial charge in [0.2, 0.25) is 11.7 Å². The van der Waals surface area contributed by atoms with E-state index in [4.69, 9.17) is 13.8 Å². The number of aromatic nitrogens is 3. The van der Waals surface area contributed by atoms with E-state index < -0.39 is 6.04 Å². The fourth-order valence-electron chi connectivity index (χ4n) is 4.17. The van der Waals surface area contributed by atoms with E-state index in [1.54, 1.807) is 19.1 Å². The highest BCUT2D eigenvalue weighted by molar-refractivity contribution is 9.10. The zero-order valence-electron chi connectivity index (χ0n) is 17.4. The SMILES string of the molecule is Cc1nc(-c2ccc(C3c4[nH]c5ccc(Br)cc5c4CON3C(=O)c3ccco3)cc2)no1. The Kier molecular flexibility index (Phi) is 4.67. The van der Waals surface area contributed by atoms with Gasteiger partial charge in [-0.25, -0.2) is 5.06 Å². The smallest absolute Gasteiger partial charge is 0.314 e. The lowest BCUT2D eigenvalue weighted by atomic mass is 9.97. The second-order valence-corrected chi connectivity index (χ2v) is 8.67. The molecule has 1 unspecified atom stereocenters. The predicted molar refractivity (Wildman–Crippen MR) is 122 cm³/mol. The molecular formula is C24H17BrN4O4. The van der Waals surface area contributed by atoms with Gasteiger partial charge in [-0.2, -0.15) is 4.98 Å². The van der Waals surface area contributed by atoms with Gasteiger partial charge in [0, 0.05) is 33.4 Å². The summed E-state index contributed by atoms with van der Waals surface area (Å²) in [5, 5.41) is 6.40. The second-order valence-electron chi connectivity index (χ2n) is 7.75. The molecule has 1 atom stereocenters. The van der Waals surface area contributed by atoms with E-state index in [9.17, 15) is 4.79 Å². The van der Waals surface area contributed by atoms with Gasteiger partial charge in [-0.3, -0.25) is 9.63 Å². The van der Waals surface area contributed by atoms with E-state index in [1.165, 1.54) is 11.3 Å². The number of rotatable bonds is 3. The minimum Gasteiger partial charge on any atom is -0.459 e. The molecule has 1 N–H and O–H groups in total. The predicted octanol–water partition coefficient (Wildman–Crippen LogP) is 5.56. The number of fused-ring (bicyclic) bond motifs is 3. The summed E-state index contributed by atoms with van der Waals surface area (Å²) in [4.78, 5) is 27.1. The maximum absolute atomic E-state index is 13.3. The number of amides is 1. The Balaban J connectivity index is 1.47. The number of H-pyrrole nitrogens is 1. The van der Waals surface area contributed by atoms with Crippen molar-refractivity contribution in [2.24, 2.45) is 0 Å². The zero-order chi connectivity index (χ0) is 22.5. The van der Waals surface area contributed by atoms with E-state index in [-0.39, 0.29) is 18.3 Å². The summed E-state index contributed by atoms with van der Waals surface area (Å²) >= 11 is 3.55. The number of aryl methyl sites for hydroxylation is 1. The van der Waals surface area contributed by atoms with E-state index >= 15 is 0 Å². The molecule has 0 saturated carbocycles. The van der Waals surface area contributed by atoms with Crippen molar-refractivity contribution in [3.8, 4) is 11.4 Å². The molecule has 1 aliphatic rings. The van der Waals surface area contributed by atoms with Gasteiger partial charge in [0.1, 0.15) is 12.6 Å². The summed E-state index contributed by atoms with van der Waals surface area (Å²) < 4.78 is 11.4. The quantitative estimate of drug-likeness (QED) is 0.345. The third-order valence-electron chi connectivity index (χ3n) is 5.70. The van der Waals surface area contributed by atoms with Gasteiger partial charge in [-0.15, -0.1) is 0 Å². The first-order valence-electron chi connectivity index (χ1n) is 10.3. The van der Waals surface area contributed by atoms with Gasteiger partial charge < -0.3 is 13.9 Å². The fourth-order valence-corrected chi connectivity index (χ4v) is 4.53. The minimum atomic E-state index is -0.501. The van der Waals surface area contributed by atoms with Gasteiger partial charge in [-0.05, 0) is 35.9 Å². The van der Waals surface area contributed by atoms with Crippen LogP contribution >= 0.6 is 15.9 Å². The highest BCUT2D eigenvalue weighted by Crippen LogP contribution is 2.40. The molecule has 2 aromatic carbocycles. The number of carbonyl (C=O) groups is 1. The van der Waals surface area contributed by atoms with Crippen molar-refractivity contribution in [1.82, 2.24) is 20.2 Å². The van der Waals surface area contributed by atoms with Crippen LogP contribution in [0.25, 0.3) is 22.3 Å². The topological polar surface area (TPSA) is 97.4 Å². The van der Waals surface area contributed by atoms with E-state index in [0.717, 1.165) is 37.8 Å². The van der Waals surface area contributed by atoms with Gasteiger partial charge in [0.25, 0.3) is 0 Å². The number of hydrogen-bond donors (Lipinski definition) is 1. The number of carbonyl (C=O) groups excluding carboxylic acids is 1. The number of halogens is 1. The van der Waals surface area contributed by atoms with Crippen LogP contribution in [0, 0.1) is 6.92 Å². The molecule has 164 valence electrons. The number of furan rings is 1. The van der Waals surface area contributed by atoms with Crippen LogP contribution in [-0.4, -0.2) is 26.1 Å². The van der Waals surface area contributed by atoms with E-state index in [2.05, 4.69) is 37.1 Å². The highest BCUT2D eigenvalue weighted by Gasteiger charge is 2.37. The molecule has 0 spiro atoms. The molecule has 0 fully saturated rings. The number of hydrogen-bond acceptors (Lipinski definition) is 6. The summed E-state index contributed by atoms with van der Waals surface area (Å²) in [6, 6.07) is 16.5. The molecule has 0 radical (unpaired) electrons. The van der Waals surface area contributed by atoms with Gasteiger partial charge in [0.15, 0.2) is 5.76 Å². The van der Waals surface area contributed by atoms with Crippen LogP contribution in [0.15, 0.2) is 74.3 Å². The number of benzene rings is 2. The van der Waals surface area contributed by atoms with Crippen LogP contribution in [0.1, 0.15) is 39.3 Å². The summed E-state index contributed by atoms with van der Waals surface area (Å²) in [6.45, 7) is 2.01. The number of nitrogens with zero attached hydrogens (tertiary/aromatic N) is 3. The molecule has 6 rings (SSSR count). The van der Waals surface area contributed by atoms with E-state index in [0.29, 0.717) is 11.7 Å². The van der Waals surface area contributed by atoms with Crippen molar-refractivity contribution in [1.29, 1.82) is 0 Å². The molecule has 33 heavy (non-hydrogen) atoms. The largest absolute Gasteiger partial charge is 0.459 e. The average molecular weight is 505 g/mol. The van der Waals surface area contributed by atoms with Gasteiger partial charge in [0.05, 0.1) is 12.0 Å². The van der Waals surface area contributed by atoms with Crippen molar-refractivity contribution in [3.63, 3.8) is 0 Å². The number of aromatic amines is 1. The lowest BCUT2D eigenvalue weighted by molar-refractivity contribution is -0.164. The molecule has 5 aromatic rings. The molecular weight excluding hydrogens is 488 g/mol. The Hall–Kier alpha value is -3.69. The van der Waals surface area contributed by atoms with Crippen LogP contribution < -0.4 is 0 Å². The molecule has 0 aliphatic carbocycles. The Morgan fingerprint density at radius 1 is 1.18 bits per heavy atom. The lowest BCUT2D eigenvalue weighted by Crippen LogP contribution is -2.38. The van der Waals surface area contributed by atoms with Crippen LogP contribution in [-0.2, 0) is 11.4 Å². The van der Waals surface area contributed by atoms with Crippen LogP contribution in [0.3, 0.4) is 0 Å². The third kappa shape index (κ3) is 3.37. The minimum absolute atomic E-state index is 0.209. The zero-order valence-corrected chi connectivity index (χ0v) is 19.0. The molecule has 0 bridgehead atoms. The standard InChI is InChI=1S/C24H17BrN4O4/c1-13-26-23(28-33-13)15-6-4-14(5-7-15)22-21-18(17-11-16(25)8-9-19(17)27-21)12-32-29(22)24(30)20-3-2-10-31-20/h2-11,22,27H,12H2,1H3.